The van der Waals surface area contributed by atoms with Crippen molar-refractivity contribution in [1.82, 2.24) is 4.98 Å². The molecule has 0 spiro atoms. The lowest BCUT2D eigenvalue weighted by molar-refractivity contribution is -0.145. The van der Waals surface area contributed by atoms with Crippen LogP contribution in [0.25, 0.3) is 5.76 Å². The lowest BCUT2D eigenvalue weighted by Crippen LogP contribution is -2.39. The van der Waals surface area contributed by atoms with Crippen LogP contribution in [0.15, 0.2) is 47.7 Å². The van der Waals surface area contributed by atoms with Crippen molar-refractivity contribution in [2.45, 2.75) is 19.8 Å². The molecule has 6 nitrogen and oxygen atoms in total. The van der Waals surface area contributed by atoms with Crippen LogP contribution in [0.4, 0.5) is 15.8 Å². The summed E-state index contributed by atoms with van der Waals surface area (Å²) >= 11 is 0. The van der Waals surface area contributed by atoms with Crippen molar-refractivity contribution < 1.29 is 18.7 Å². The van der Waals surface area contributed by atoms with Crippen LogP contribution in [0.3, 0.4) is 0 Å². The second-order valence-corrected chi connectivity index (χ2v) is 6.73. The van der Waals surface area contributed by atoms with Gasteiger partial charge in [-0.2, -0.15) is 0 Å². The Kier molecular flexibility index (Phi) is 6.59. The van der Waals surface area contributed by atoms with Crippen molar-refractivity contribution in [2.75, 3.05) is 25.1 Å². The molecule has 1 aromatic carbocycles. The first-order valence-electron chi connectivity index (χ1n) is 9.45. The maximum Gasteiger partial charge on any atom is 0.310 e. The van der Waals surface area contributed by atoms with Crippen molar-refractivity contribution in [3.05, 3.63) is 54.1 Å². The van der Waals surface area contributed by atoms with E-state index in [-0.39, 0.29) is 17.6 Å². The van der Waals surface area contributed by atoms with Gasteiger partial charge in [0.2, 0.25) is 0 Å². The Labute approximate surface area is 169 Å². The number of pyridine rings is 1. The molecule has 1 aliphatic heterocycles. The van der Waals surface area contributed by atoms with Crippen LogP contribution in [-0.4, -0.2) is 37.9 Å². The Morgan fingerprint density at radius 3 is 2.76 bits per heavy atom. The SMILES string of the molecule is C=Nc1c(F)cncc1/C(=C\C)Oc1ccc(N2CCC[C@H](C(=O)OC)C2)cc1. The van der Waals surface area contributed by atoms with Gasteiger partial charge in [0.25, 0.3) is 0 Å². The molecule has 1 fully saturated rings. The molecular formula is C22H24FN3O3. The van der Waals surface area contributed by atoms with E-state index in [0.29, 0.717) is 23.6 Å². The molecule has 0 unspecified atom stereocenters. The first-order chi connectivity index (χ1) is 14.1. The minimum absolute atomic E-state index is 0.104. The number of benzene rings is 1. The average Bonchev–Trinajstić information content (AvgIpc) is 2.77. The molecule has 0 saturated carbocycles. The summed E-state index contributed by atoms with van der Waals surface area (Å²) in [4.78, 5) is 21.6. The molecule has 1 aliphatic rings. The minimum Gasteiger partial charge on any atom is -0.469 e. The van der Waals surface area contributed by atoms with Crippen LogP contribution < -0.4 is 9.64 Å². The number of rotatable bonds is 6. The third-order valence-corrected chi connectivity index (χ3v) is 4.94. The van der Waals surface area contributed by atoms with E-state index in [2.05, 4.69) is 21.6 Å². The predicted molar refractivity (Wildman–Crippen MR) is 111 cm³/mol. The van der Waals surface area contributed by atoms with Crippen LogP contribution in [0.5, 0.6) is 5.75 Å². The zero-order chi connectivity index (χ0) is 20.8. The zero-order valence-corrected chi connectivity index (χ0v) is 16.6. The van der Waals surface area contributed by atoms with Crippen LogP contribution in [-0.2, 0) is 9.53 Å². The van der Waals surface area contributed by atoms with E-state index < -0.39 is 5.82 Å². The Morgan fingerprint density at radius 1 is 1.34 bits per heavy atom. The molecule has 0 radical (unpaired) electrons. The van der Waals surface area contributed by atoms with Crippen molar-refractivity contribution in [3.8, 4) is 5.75 Å². The van der Waals surface area contributed by atoms with E-state index in [1.54, 1.807) is 13.0 Å². The Bertz CT molecular complexity index is 912. The van der Waals surface area contributed by atoms with Gasteiger partial charge in [-0.1, -0.05) is 0 Å². The summed E-state index contributed by atoms with van der Waals surface area (Å²) in [5.74, 6) is 0.215. The number of ether oxygens (including phenoxy) is 2. The number of hydrogen-bond acceptors (Lipinski definition) is 6. The second kappa shape index (κ2) is 9.32. The molecule has 2 heterocycles. The third-order valence-electron chi connectivity index (χ3n) is 4.94. The molecule has 1 saturated heterocycles. The van der Waals surface area contributed by atoms with Crippen LogP contribution in [0, 0.1) is 11.7 Å². The number of carbonyl (C=O) groups excluding carboxylic acids is 1. The minimum atomic E-state index is -0.555. The molecule has 0 aliphatic carbocycles. The molecular weight excluding hydrogens is 373 g/mol. The summed E-state index contributed by atoms with van der Waals surface area (Å²) in [6.45, 7) is 6.74. The normalized spacial score (nSPS) is 17.0. The Morgan fingerprint density at radius 2 is 2.10 bits per heavy atom. The van der Waals surface area contributed by atoms with Gasteiger partial charge in [0.15, 0.2) is 5.82 Å². The van der Waals surface area contributed by atoms with Crippen LogP contribution >= 0.6 is 0 Å². The maximum atomic E-state index is 13.9. The molecule has 29 heavy (non-hydrogen) atoms. The number of methoxy groups -OCH3 is 1. The van der Waals surface area contributed by atoms with Crippen LogP contribution in [0.1, 0.15) is 25.3 Å². The molecule has 0 N–H and O–H groups in total. The van der Waals surface area contributed by atoms with Gasteiger partial charge in [-0.25, -0.2) is 4.39 Å². The second-order valence-electron chi connectivity index (χ2n) is 6.73. The summed E-state index contributed by atoms with van der Waals surface area (Å²) < 4.78 is 24.8. The van der Waals surface area contributed by atoms with Crippen molar-refractivity contribution in [2.24, 2.45) is 10.9 Å². The molecule has 1 atom stereocenters. The van der Waals surface area contributed by atoms with Gasteiger partial charge in [0.05, 0.1) is 24.8 Å². The maximum absolute atomic E-state index is 13.9. The molecule has 1 aromatic heterocycles. The third kappa shape index (κ3) is 4.62. The quantitative estimate of drug-likeness (QED) is 0.411. The molecule has 7 heteroatoms. The van der Waals surface area contributed by atoms with Gasteiger partial charge < -0.3 is 14.4 Å². The summed E-state index contributed by atoms with van der Waals surface area (Å²) in [6.07, 6.45) is 6.10. The van der Waals surface area contributed by atoms with E-state index in [0.717, 1.165) is 31.3 Å². The van der Waals surface area contributed by atoms with Gasteiger partial charge >= 0.3 is 5.97 Å². The Hall–Kier alpha value is -3.22. The molecule has 0 amide bonds. The van der Waals surface area contributed by atoms with Gasteiger partial charge in [-0.05, 0) is 56.8 Å². The predicted octanol–water partition coefficient (Wildman–Crippen LogP) is 4.38. The molecule has 0 bridgehead atoms. The van der Waals surface area contributed by atoms with E-state index >= 15 is 0 Å². The number of esters is 1. The fourth-order valence-corrected chi connectivity index (χ4v) is 3.46. The van der Waals surface area contributed by atoms with E-state index in [1.807, 2.05) is 24.3 Å². The average molecular weight is 397 g/mol. The summed E-state index contributed by atoms with van der Waals surface area (Å²) in [7, 11) is 1.42. The largest absolute Gasteiger partial charge is 0.469 e. The highest BCUT2D eigenvalue weighted by Crippen LogP contribution is 2.31. The number of halogens is 1. The fraction of sp³-hybridized carbons (Fsp3) is 0.318. The summed E-state index contributed by atoms with van der Waals surface area (Å²) in [6, 6.07) is 7.57. The highest BCUT2D eigenvalue weighted by Gasteiger charge is 2.26. The van der Waals surface area contributed by atoms with Gasteiger partial charge in [0, 0.05) is 25.0 Å². The van der Waals surface area contributed by atoms with Crippen LogP contribution in [0.2, 0.25) is 0 Å². The highest BCUT2D eigenvalue weighted by atomic mass is 19.1. The number of anilines is 1. The fourth-order valence-electron chi connectivity index (χ4n) is 3.46. The number of hydrogen-bond donors (Lipinski definition) is 0. The van der Waals surface area contributed by atoms with Crippen molar-refractivity contribution >= 4 is 29.8 Å². The van der Waals surface area contributed by atoms with Gasteiger partial charge in [-0.15, -0.1) is 0 Å². The monoisotopic (exact) mass is 397 g/mol. The number of allylic oxidation sites excluding steroid dienone is 1. The van der Waals surface area contributed by atoms with E-state index in [1.165, 1.54) is 13.3 Å². The molecule has 152 valence electrons. The Balaban J connectivity index is 1.74. The lowest BCUT2D eigenvalue weighted by Gasteiger charge is -2.33. The summed E-state index contributed by atoms with van der Waals surface area (Å²) in [5.41, 5.74) is 1.55. The lowest BCUT2D eigenvalue weighted by atomic mass is 9.98. The molecule has 2 aromatic rings. The van der Waals surface area contributed by atoms with E-state index in [4.69, 9.17) is 9.47 Å². The van der Waals surface area contributed by atoms with Gasteiger partial charge in [0.1, 0.15) is 17.2 Å². The number of carbonyl (C=O) groups is 1. The zero-order valence-electron chi connectivity index (χ0n) is 16.6. The smallest absolute Gasteiger partial charge is 0.310 e. The first-order valence-corrected chi connectivity index (χ1v) is 9.45. The summed E-state index contributed by atoms with van der Waals surface area (Å²) in [5, 5.41) is 0. The van der Waals surface area contributed by atoms with Crippen molar-refractivity contribution in [3.63, 3.8) is 0 Å². The number of nitrogens with zero attached hydrogens (tertiary/aromatic N) is 3. The first kappa shape index (κ1) is 20.5. The van der Waals surface area contributed by atoms with Gasteiger partial charge in [-0.3, -0.25) is 14.8 Å². The number of piperidine rings is 1. The molecule has 3 rings (SSSR count). The topological polar surface area (TPSA) is 64.0 Å². The highest BCUT2D eigenvalue weighted by molar-refractivity contribution is 5.74. The number of aromatic nitrogens is 1. The van der Waals surface area contributed by atoms with E-state index in [9.17, 15) is 9.18 Å². The number of aliphatic imine (C=N–C) groups is 1. The standard InChI is InChI=1S/C22H24FN3O3/c1-4-20(18-12-25-13-19(23)21(18)24-2)29-17-9-7-16(8-10-17)26-11-5-6-15(14-26)22(27)28-3/h4,7-10,12-13,15H,2,5-6,11,14H2,1,3H3/b20-4+/t15-/m0/s1. The van der Waals surface area contributed by atoms with Crippen molar-refractivity contribution in [1.29, 1.82) is 0 Å².